The van der Waals surface area contributed by atoms with Gasteiger partial charge in [-0.3, -0.25) is 9.80 Å². The summed E-state index contributed by atoms with van der Waals surface area (Å²) in [7, 11) is 0. The van der Waals surface area contributed by atoms with Crippen LogP contribution in [-0.4, -0.2) is 75.5 Å². The highest BCUT2D eigenvalue weighted by Gasteiger charge is 2.45. The van der Waals surface area contributed by atoms with Crippen LogP contribution in [0.2, 0.25) is 0 Å². The van der Waals surface area contributed by atoms with E-state index in [9.17, 15) is 0 Å². The van der Waals surface area contributed by atoms with E-state index in [-0.39, 0.29) is 0 Å². The summed E-state index contributed by atoms with van der Waals surface area (Å²) in [5.41, 5.74) is 0. The first-order valence-electron chi connectivity index (χ1n) is 8.69. The van der Waals surface area contributed by atoms with Crippen molar-refractivity contribution in [3.05, 3.63) is 12.2 Å². The van der Waals surface area contributed by atoms with E-state index >= 15 is 0 Å². The first-order chi connectivity index (χ1) is 10.4. The van der Waals surface area contributed by atoms with E-state index in [4.69, 9.17) is 9.47 Å². The van der Waals surface area contributed by atoms with Crippen molar-refractivity contribution in [2.45, 2.75) is 6.42 Å². The van der Waals surface area contributed by atoms with Gasteiger partial charge in [-0.1, -0.05) is 12.2 Å². The molecule has 2 heterocycles. The number of nitrogens with zero attached hydrogens (tertiary/aromatic N) is 2. The summed E-state index contributed by atoms with van der Waals surface area (Å²) >= 11 is 0. The Morgan fingerprint density at radius 3 is 1.57 bits per heavy atom. The van der Waals surface area contributed by atoms with Crippen molar-refractivity contribution in [1.29, 1.82) is 0 Å². The Labute approximate surface area is 128 Å². The van der Waals surface area contributed by atoms with Gasteiger partial charge in [0.15, 0.2) is 0 Å². The smallest absolute Gasteiger partial charge is 0.0594 e. The van der Waals surface area contributed by atoms with Gasteiger partial charge in [0.25, 0.3) is 0 Å². The maximum atomic E-state index is 5.50. The second kappa shape index (κ2) is 6.37. The molecule has 2 bridgehead atoms. The average Bonchev–Trinajstić information content (AvgIpc) is 3.13. The van der Waals surface area contributed by atoms with E-state index in [0.29, 0.717) is 0 Å². The predicted octanol–water partition coefficient (Wildman–Crippen LogP) is 1.09. The standard InChI is InChI=1S/C17H28N2O2/c1-2-15-11-14(1)16(12-18-3-7-20-8-4-18)17(15)13-19-5-9-21-10-6-19/h1-2,14-17H,3-13H2/t14?,15?,16-,17-/m1/s1. The van der Waals surface area contributed by atoms with Crippen LogP contribution in [0.4, 0.5) is 0 Å². The zero-order valence-corrected chi connectivity index (χ0v) is 13.0. The second-order valence-corrected chi connectivity index (χ2v) is 7.10. The molecule has 4 rings (SSSR count). The molecule has 2 unspecified atom stereocenters. The number of allylic oxidation sites excluding steroid dienone is 2. The van der Waals surface area contributed by atoms with E-state index in [1.807, 2.05) is 0 Å². The van der Waals surface area contributed by atoms with Gasteiger partial charge >= 0.3 is 0 Å². The molecular weight excluding hydrogens is 264 g/mol. The third-order valence-corrected chi connectivity index (χ3v) is 5.95. The molecule has 0 aromatic heterocycles. The van der Waals surface area contributed by atoms with Crippen LogP contribution in [0.25, 0.3) is 0 Å². The van der Waals surface area contributed by atoms with E-state index in [0.717, 1.165) is 76.3 Å². The lowest BCUT2D eigenvalue weighted by atomic mass is 9.82. The second-order valence-electron chi connectivity index (χ2n) is 7.10. The Hall–Kier alpha value is -0.420. The van der Waals surface area contributed by atoms with Crippen LogP contribution in [0, 0.1) is 23.7 Å². The molecule has 0 aromatic carbocycles. The summed E-state index contributed by atoms with van der Waals surface area (Å²) in [4.78, 5) is 5.27. The maximum absolute atomic E-state index is 5.50. The first kappa shape index (κ1) is 14.2. The molecule has 4 atom stereocenters. The summed E-state index contributed by atoms with van der Waals surface area (Å²) in [5.74, 6) is 3.40. The first-order valence-corrected chi connectivity index (χ1v) is 8.69. The van der Waals surface area contributed by atoms with Gasteiger partial charge in [-0.05, 0) is 30.1 Å². The molecule has 4 aliphatic rings. The van der Waals surface area contributed by atoms with Gasteiger partial charge in [0, 0.05) is 39.3 Å². The number of hydrogen-bond acceptors (Lipinski definition) is 4. The van der Waals surface area contributed by atoms with Crippen molar-refractivity contribution < 1.29 is 9.47 Å². The van der Waals surface area contributed by atoms with Gasteiger partial charge in [-0.15, -0.1) is 0 Å². The highest BCUT2D eigenvalue weighted by molar-refractivity contribution is 5.14. The minimum Gasteiger partial charge on any atom is -0.379 e. The van der Waals surface area contributed by atoms with Crippen LogP contribution in [0.15, 0.2) is 12.2 Å². The van der Waals surface area contributed by atoms with E-state index in [2.05, 4.69) is 22.0 Å². The highest BCUT2D eigenvalue weighted by Crippen LogP contribution is 2.48. The average molecular weight is 292 g/mol. The summed E-state index contributed by atoms with van der Waals surface area (Å²) in [6, 6.07) is 0. The minimum absolute atomic E-state index is 0.837. The number of rotatable bonds is 4. The number of fused-ring (bicyclic) bond motifs is 2. The van der Waals surface area contributed by atoms with Crippen LogP contribution in [-0.2, 0) is 9.47 Å². The zero-order chi connectivity index (χ0) is 14.1. The minimum atomic E-state index is 0.837. The molecule has 2 aliphatic heterocycles. The lowest BCUT2D eigenvalue weighted by Crippen LogP contribution is -2.45. The third kappa shape index (κ3) is 3.04. The normalized spacial score (nSPS) is 41.0. The van der Waals surface area contributed by atoms with E-state index < -0.39 is 0 Å². The van der Waals surface area contributed by atoms with Crippen LogP contribution < -0.4 is 0 Å². The van der Waals surface area contributed by atoms with Gasteiger partial charge in [0.05, 0.1) is 26.4 Å². The molecule has 0 radical (unpaired) electrons. The van der Waals surface area contributed by atoms with E-state index in [1.165, 1.54) is 19.5 Å². The fourth-order valence-electron chi connectivity index (χ4n) is 4.73. The van der Waals surface area contributed by atoms with Gasteiger partial charge < -0.3 is 9.47 Å². The summed E-state index contributed by atoms with van der Waals surface area (Å²) in [6.45, 7) is 10.8. The van der Waals surface area contributed by atoms with Crippen molar-refractivity contribution >= 4 is 0 Å². The fourth-order valence-corrected chi connectivity index (χ4v) is 4.73. The molecule has 1 saturated carbocycles. The molecule has 3 fully saturated rings. The Balaban J connectivity index is 1.39. The lowest BCUT2D eigenvalue weighted by molar-refractivity contribution is 0.00926. The van der Waals surface area contributed by atoms with Crippen molar-refractivity contribution in [2.75, 3.05) is 65.7 Å². The van der Waals surface area contributed by atoms with Crippen LogP contribution >= 0.6 is 0 Å². The number of hydrogen-bond donors (Lipinski definition) is 0. The third-order valence-electron chi connectivity index (χ3n) is 5.95. The van der Waals surface area contributed by atoms with Crippen molar-refractivity contribution in [1.82, 2.24) is 9.80 Å². The SMILES string of the molecule is C1=CC2CC1[C@@H](CN1CCOCC1)[C@@H]2CN1CCOCC1. The molecule has 2 aliphatic carbocycles. The Bertz CT molecular complexity index is 341. The van der Waals surface area contributed by atoms with Crippen LogP contribution in [0.5, 0.6) is 0 Å². The number of ether oxygens (including phenoxy) is 2. The molecule has 0 aromatic rings. The predicted molar refractivity (Wildman–Crippen MR) is 82.2 cm³/mol. The quantitative estimate of drug-likeness (QED) is 0.724. The van der Waals surface area contributed by atoms with Gasteiger partial charge in [-0.25, -0.2) is 0 Å². The Morgan fingerprint density at radius 2 is 1.14 bits per heavy atom. The zero-order valence-electron chi connectivity index (χ0n) is 13.0. The summed E-state index contributed by atoms with van der Waals surface area (Å²) < 4.78 is 11.0. The van der Waals surface area contributed by atoms with Gasteiger partial charge in [0.2, 0.25) is 0 Å². The monoisotopic (exact) mass is 292 g/mol. The molecule has 4 heteroatoms. The Morgan fingerprint density at radius 1 is 0.714 bits per heavy atom. The molecule has 118 valence electrons. The molecule has 0 spiro atoms. The molecule has 0 N–H and O–H groups in total. The van der Waals surface area contributed by atoms with Crippen molar-refractivity contribution in [3.8, 4) is 0 Å². The van der Waals surface area contributed by atoms with Gasteiger partial charge in [-0.2, -0.15) is 0 Å². The molecule has 4 nitrogen and oxygen atoms in total. The molecule has 21 heavy (non-hydrogen) atoms. The van der Waals surface area contributed by atoms with Crippen molar-refractivity contribution in [3.63, 3.8) is 0 Å². The topological polar surface area (TPSA) is 24.9 Å². The van der Waals surface area contributed by atoms with Gasteiger partial charge in [0.1, 0.15) is 0 Å². The summed E-state index contributed by atoms with van der Waals surface area (Å²) in [6.07, 6.45) is 6.42. The molecule has 2 saturated heterocycles. The van der Waals surface area contributed by atoms with E-state index in [1.54, 1.807) is 0 Å². The van der Waals surface area contributed by atoms with Crippen LogP contribution in [0.3, 0.4) is 0 Å². The highest BCUT2D eigenvalue weighted by atomic mass is 16.5. The number of morpholine rings is 2. The lowest BCUT2D eigenvalue weighted by Gasteiger charge is -2.38. The largest absolute Gasteiger partial charge is 0.379 e. The maximum Gasteiger partial charge on any atom is 0.0594 e. The van der Waals surface area contributed by atoms with Crippen LogP contribution in [0.1, 0.15) is 6.42 Å². The summed E-state index contributed by atoms with van der Waals surface area (Å²) in [5, 5.41) is 0. The molecule has 0 amide bonds. The Kier molecular flexibility index (Phi) is 4.30. The molecular formula is C17H28N2O2. The fraction of sp³-hybridized carbons (Fsp3) is 0.882. The van der Waals surface area contributed by atoms with Crippen molar-refractivity contribution in [2.24, 2.45) is 23.7 Å².